The van der Waals surface area contributed by atoms with Gasteiger partial charge in [0.1, 0.15) is 11.6 Å². The molecular formula is C22H27FN2O3S. The maximum atomic E-state index is 14.3. The molecule has 0 N–H and O–H groups in total. The van der Waals surface area contributed by atoms with Crippen molar-refractivity contribution in [3.63, 3.8) is 0 Å². The Morgan fingerprint density at radius 3 is 2.62 bits per heavy atom. The minimum Gasteiger partial charge on any atom is -0.492 e. The smallest absolute Gasteiger partial charge is 0.410 e. The van der Waals surface area contributed by atoms with Gasteiger partial charge >= 0.3 is 6.09 Å². The van der Waals surface area contributed by atoms with Gasteiger partial charge in [-0.05, 0) is 69.2 Å². The lowest BCUT2D eigenvalue weighted by molar-refractivity contribution is 0.0608. The summed E-state index contributed by atoms with van der Waals surface area (Å²) in [6.45, 7) is 5.64. The zero-order chi connectivity index (χ0) is 20.8. The summed E-state index contributed by atoms with van der Waals surface area (Å²) in [5.41, 5.74) is 1.06. The Balaban J connectivity index is 1.49. The molecule has 2 aromatic rings. The van der Waals surface area contributed by atoms with Crippen LogP contribution >= 0.6 is 11.8 Å². The standard InChI is InChI=1S/C22H27FN2O3S/c1-15(2)28-22(26)25-10-8-16(9-11-25)14-27-17-4-7-21(24-13-17)19-6-5-18(29-3)12-20(19)23/h4-7,12-13,15-16H,8-11,14H2,1-3H3. The Morgan fingerprint density at radius 1 is 1.28 bits per heavy atom. The van der Waals surface area contributed by atoms with E-state index in [1.165, 1.54) is 17.8 Å². The molecule has 2 heterocycles. The van der Waals surface area contributed by atoms with Crippen molar-refractivity contribution in [1.82, 2.24) is 9.88 Å². The number of benzene rings is 1. The monoisotopic (exact) mass is 418 g/mol. The third-order valence-electron chi connectivity index (χ3n) is 4.88. The van der Waals surface area contributed by atoms with E-state index in [4.69, 9.17) is 9.47 Å². The molecule has 0 saturated carbocycles. The maximum Gasteiger partial charge on any atom is 0.410 e. The second-order valence-corrected chi connectivity index (χ2v) is 8.28. The summed E-state index contributed by atoms with van der Waals surface area (Å²) < 4.78 is 25.4. The molecule has 1 saturated heterocycles. The normalized spacial score (nSPS) is 14.9. The number of ether oxygens (including phenoxy) is 2. The lowest BCUT2D eigenvalue weighted by Gasteiger charge is -2.31. The first-order chi connectivity index (χ1) is 14.0. The highest BCUT2D eigenvalue weighted by Crippen LogP contribution is 2.27. The number of piperidine rings is 1. The van der Waals surface area contributed by atoms with Crippen LogP contribution in [-0.4, -0.2) is 48.0 Å². The van der Waals surface area contributed by atoms with Crippen molar-refractivity contribution >= 4 is 17.9 Å². The fourth-order valence-electron chi connectivity index (χ4n) is 3.23. The van der Waals surface area contributed by atoms with Gasteiger partial charge in [-0.25, -0.2) is 9.18 Å². The molecule has 1 aromatic heterocycles. The summed E-state index contributed by atoms with van der Waals surface area (Å²) in [7, 11) is 0. The van der Waals surface area contributed by atoms with Gasteiger partial charge in [0, 0.05) is 23.5 Å². The zero-order valence-corrected chi connectivity index (χ0v) is 17.9. The third-order valence-corrected chi connectivity index (χ3v) is 5.61. The van der Waals surface area contributed by atoms with Crippen LogP contribution < -0.4 is 4.74 Å². The number of rotatable bonds is 6. The first-order valence-electron chi connectivity index (χ1n) is 9.84. The van der Waals surface area contributed by atoms with Crippen LogP contribution in [0.5, 0.6) is 5.75 Å². The van der Waals surface area contributed by atoms with Gasteiger partial charge in [-0.2, -0.15) is 0 Å². The molecular weight excluding hydrogens is 391 g/mol. The van der Waals surface area contributed by atoms with Gasteiger partial charge in [-0.3, -0.25) is 4.98 Å². The Labute approximate surface area is 175 Å². The number of hydrogen-bond donors (Lipinski definition) is 0. The first kappa shape index (κ1) is 21.4. The van der Waals surface area contributed by atoms with Crippen LogP contribution in [0.15, 0.2) is 41.4 Å². The van der Waals surface area contributed by atoms with Gasteiger partial charge in [0.15, 0.2) is 0 Å². The summed E-state index contributed by atoms with van der Waals surface area (Å²) in [6.07, 6.45) is 4.97. The number of aromatic nitrogens is 1. The molecule has 0 spiro atoms. The Morgan fingerprint density at radius 2 is 2.03 bits per heavy atom. The van der Waals surface area contributed by atoms with Gasteiger partial charge < -0.3 is 14.4 Å². The molecule has 3 rings (SSSR count). The minimum absolute atomic E-state index is 0.101. The van der Waals surface area contributed by atoms with E-state index < -0.39 is 0 Å². The van der Waals surface area contributed by atoms with E-state index in [1.54, 1.807) is 23.2 Å². The van der Waals surface area contributed by atoms with Gasteiger partial charge in [-0.1, -0.05) is 0 Å². The quantitative estimate of drug-likeness (QED) is 0.600. The predicted molar refractivity (Wildman–Crippen MR) is 113 cm³/mol. The molecule has 1 aliphatic heterocycles. The van der Waals surface area contributed by atoms with Gasteiger partial charge in [0.2, 0.25) is 0 Å². The van der Waals surface area contributed by atoms with Crippen LogP contribution in [0, 0.1) is 11.7 Å². The molecule has 1 aromatic carbocycles. The molecule has 1 aliphatic rings. The fourth-order valence-corrected chi connectivity index (χ4v) is 3.65. The van der Waals surface area contributed by atoms with Crippen molar-refractivity contribution in [3.8, 4) is 17.0 Å². The summed E-state index contributed by atoms with van der Waals surface area (Å²) in [4.78, 5) is 18.9. The SMILES string of the molecule is CSc1ccc(-c2ccc(OCC3CCN(C(=O)OC(C)C)CC3)cn2)c(F)c1. The van der Waals surface area contributed by atoms with Crippen LogP contribution in [0.4, 0.5) is 9.18 Å². The van der Waals surface area contributed by atoms with Gasteiger partial charge in [0.25, 0.3) is 0 Å². The molecule has 7 heteroatoms. The second-order valence-electron chi connectivity index (χ2n) is 7.40. The Bertz CT molecular complexity index is 821. The lowest BCUT2D eigenvalue weighted by Crippen LogP contribution is -2.40. The highest BCUT2D eigenvalue weighted by Gasteiger charge is 2.24. The third kappa shape index (κ3) is 5.85. The van der Waals surface area contributed by atoms with E-state index in [-0.39, 0.29) is 18.0 Å². The van der Waals surface area contributed by atoms with Crippen molar-refractivity contribution in [3.05, 3.63) is 42.3 Å². The molecule has 156 valence electrons. The van der Waals surface area contributed by atoms with E-state index >= 15 is 0 Å². The second kappa shape index (κ2) is 9.96. The molecule has 0 unspecified atom stereocenters. The van der Waals surface area contributed by atoms with Crippen molar-refractivity contribution < 1.29 is 18.7 Å². The molecule has 0 aliphatic carbocycles. The topological polar surface area (TPSA) is 51.7 Å². The average molecular weight is 419 g/mol. The Kier molecular flexibility index (Phi) is 7.36. The van der Waals surface area contributed by atoms with Crippen LogP contribution in [0.1, 0.15) is 26.7 Å². The lowest BCUT2D eigenvalue weighted by atomic mass is 9.98. The highest BCUT2D eigenvalue weighted by atomic mass is 32.2. The van der Waals surface area contributed by atoms with Crippen molar-refractivity contribution in [1.29, 1.82) is 0 Å². The molecule has 5 nitrogen and oxygen atoms in total. The zero-order valence-electron chi connectivity index (χ0n) is 17.1. The molecule has 1 fully saturated rings. The predicted octanol–water partition coefficient (Wildman–Crippen LogP) is 5.25. The maximum absolute atomic E-state index is 14.3. The number of hydrogen-bond acceptors (Lipinski definition) is 5. The fraction of sp³-hybridized carbons (Fsp3) is 0.455. The van der Waals surface area contributed by atoms with Crippen LogP contribution in [0.2, 0.25) is 0 Å². The number of carbonyl (C=O) groups is 1. The van der Waals surface area contributed by atoms with E-state index in [1.807, 2.05) is 32.2 Å². The number of thioether (sulfide) groups is 1. The van der Waals surface area contributed by atoms with E-state index in [9.17, 15) is 9.18 Å². The number of nitrogens with zero attached hydrogens (tertiary/aromatic N) is 2. The van der Waals surface area contributed by atoms with Gasteiger partial charge in [-0.15, -0.1) is 11.8 Å². The average Bonchev–Trinajstić information content (AvgIpc) is 2.72. The van der Waals surface area contributed by atoms with E-state index in [0.717, 1.165) is 17.7 Å². The highest BCUT2D eigenvalue weighted by molar-refractivity contribution is 7.98. The molecule has 0 radical (unpaired) electrons. The van der Waals surface area contributed by atoms with Crippen molar-refractivity contribution in [2.45, 2.75) is 37.7 Å². The molecule has 1 amide bonds. The number of likely N-dealkylation sites (tertiary alicyclic amines) is 1. The van der Waals surface area contributed by atoms with Crippen LogP contribution in [-0.2, 0) is 4.74 Å². The van der Waals surface area contributed by atoms with E-state index in [0.29, 0.717) is 42.6 Å². The number of halogens is 1. The minimum atomic E-state index is -0.277. The summed E-state index contributed by atoms with van der Waals surface area (Å²) in [5.74, 6) is 0.770. The molecule has 0 bridgehead atoms. The molecule has 0 atom stereocenters. The number of carbonyl (C=O) groups excluding carboxylic acids is 1. The number of amides is 1. The largest absolute Gasteiger partial charge is 0.492 e. The van der Waals surface area contributed by atoms with Crippen molar-refractivity contribution in [2.24, 2.45) is 5.92 Å². The van der Waals surface area contributed by atoms with Crippen molar-refractivity contribution in [2.75, 3.05) is 26.0 Å². The van der Waals surface area contributed by atoms with E-state index in [2.05, 4.69) is 4.98 Å². The summed E-state index contributed by atoms with van der Waals surface area (Å²) in [5, 5.41) is 0. The Hall–Kier alpha value is -2.28. The molecule has 29 heavy (non-hydrogen) atoms. The summed E-state index contributed by atoms with van der Waals surface area (Å²) in [6, 6.07) is 8.76. The first-order valence-corrected chi connectivity index (χ1v) is 11.1. The van der Waals surface area contributed by atoms with Gasteiger partial charge in [0.05, 0.1) is 24.6 Å². The van der Waals surface area contributed by atoms with Crippen LogP contribution in [0.3, 0.4) is 0 Å². The number of pyridine rings is 1. The van der Waals surface area contributed by atoms with Crippen LogP contribution in [0.25, 0.3) is 11.3 Å². The summed E-state index contributed by atoms with van der Waals surface area (Å²) >= 11 is 1.50.